The Balaban J connectivity index is 4.41. The van der Waals surface area contributed by atoms with Gasteiger partial charge < -0.3 is 4.90 Å². The van der Waals surface area contributed by atoms with Crippen LogP contribution in [-0.2, 0) is 0 Å². The van der Waals surface area contributed by atoms with Gasteiger partial charge in [0.15, 0.2) is 0 Å². The van der Waals surface area contributed by atoms with Crippen LogP contribution in [0.1, 0.15) is 41.5 Å². The van der Waals surface area contributed by atoms with Crippen molar-refractivity contribution >= 4 is 17.2 Å². The highest BCUT2D eigenvalue weighted by Crippen LogP contribution is 2.12. The van der Waals surface area contributed by atoms with Crippen molar-refractivity contribution in [3.8, 4) is 0 Å². The highest BCUT2D eigenvalue weighted by atomic mass is 32.1. The molecule has 0 heterocycles. The molecule has 0 aliphatic heterocycles. The summed E-state index contributed by atoms with van der Waals surface area (Å²) in [5, 5.41) is 0. The Morgan fingerprint density at radius 1 is 0.917 bits per heavy atom. The van der Waals surface area contributed by atoms with Gasteiger partial charge >= 0.3 is 0 Å². The summed E-state index contributed by atoms with van der Waals surface area (Å²) in [6.07, 6.45) is 0. The van der Waals surface area contributed by atoms with Crippen LogP contribution in [0.3, 0.4) is 0 Å². The summed E-state index contributed by atoms with van der Waals surface area (Å²) in [5.41, 5.74) is 0. The number of nitrogens with zero attached hydrogens (tertiary/aromatic N) is 1. The molecule has 0 aliphatic rings. The van der Waals surface area contributed by atoms with Crippen LogP contribution >= 0.6 is 12.2 Å². The standard InChI is InChI=1S/C10H21NS/c1-7(2)10(12)11(8(3)4)9(5)6/h7-9H,1-6H3. The Kier molecular flexibility index (Phi) is 4.76. The highest BCUT2D eigenvalue weighted by Gasteiger charge is 2.18. The molecular weight excluding hydrogens is 166 g/mol. The molecule has 12 heavy (non-hydrogen) atoms. The minimum Gasteiger partial charge on any atom is -0.361 e. The van der Waals surface area contributed by atoms with Gasteiger partial charge in [-0.25, -0.2) is 0 Å². The van der Waals surface area contributed by atoms with E-state index in [1.54, 1.807) is 0 Å². The third kappa shape index (κ3) is 3.10. The monoisotopic (exact) mass is 187 g/mol. The van der Waals surface area contributed by atoms with Crippen LogP contribution in [0.5, 0.6) is 0 Å². The quantitative estimate of drug-likeness (QED) is 0.625. The lowest BCUT2D eigenvalue weighted by Crippen LogP contribution is -2.43. The van der Waals surface area contributed by atoms with E-state index in [0.717, 1.165) is 4.99 Å². The lowest BCUT2D eigenvalue weighted by atomic mass is 10.1. The Morgan fingerprint density at radius 2 is 1.25 bits per heavy atom. The zero-order valence-corrected chi connectivity index (χ0v) is 9.90. The van der Waals surface area contributed by atoms with E-state index < -0.39 is 0 Å². The van der Waals surface area contributed by atoms with Gasteiger partial charge in [0.25, 0.3) is 0 Å². The van der Waals surface area contributed by atoms with Gasteiger partial charge in [0.1, 0.15) is 0 Å². The zero-order chi connectivity index (χ0) is 9.89. The molecule has 0 fully saturated rings. The van der Waals surface area contributed by atoms with Crippen LogP contribution in [0, 0.1) is 5.92 Å². The molecule has 2 heteroatoms. The number of rotatable bonds is 3. The molecule has 0 radical (unpaired) electrons. The fourth-order valence-electron chi connectivity index (χ4n) is 1.40. The molecule has 0 aromatic rings. The molecule has 0 bridgehead atoms. The molecule has 0 aromatic carbocycles. The van der Waals surface area contributed by atoms with Crippen LogP contribution in [0.15, 0.2) is 0 Å². The van der Waals surface area contributed by atoms with E-state index in [0.29, 0.717) is 18.0 Å². The van der Waals surface area contributed by atoms with Gasteiger partial charge in [-0.05, 0) is 27.7 Å². The average molecular weight is 187 g/mol. The smallest absolute Gasteiger partial charge is 0.0809 e. The summed E-state index contributed by atoms with van der Waals surface area (Å²) < 4.78 is 0. The second kappa shape index (κ2) is 4.80. The Bertz CT molecular complexity index is 142. The lowest BCUT2D eigenvalue weighted by Gasteiger charge is -2.35. The van der Waals surface area contributed by atoms with Gasteiger partial charge in [-0.1, -0.05) is 26.1 Å². The second-order valence-corrected chi connectivity index (χ2v) is 4.51. The summed E-state index contributed by atoms with van der Waals surface area (Å²) in [5.74, 6) is 0.477. The van der Waals surface area contributed by atoms with Gasteiger partial charge in [0.2, 0.25) is 0 Å². The summed E-state index contributed by atoms with van der Waals surface area (Å²) >= 11 is 5.38. The molecule has 0 atom stereocenters. The zero-order valence-electron chi connectivity index (χ0n) is 9.09. The van der Waals surface area contributed by atoms with Crippen molar-refractivity contribution in [2.75, 3.05) is 0 Å². The highest BCUT2D eigenvalue weighted by molar-refractivity contribution is 7.80. The molecule has 0 unspecified atom stereocenters. The Hall–Kier alpha value is -0.110. The third-order valence-corrected chi connectivity index (χ3v) is 2.54. The number of thiocarbonyl (C=S) groups is 1. The number of hydrogen-bond donors (Lipinski definition) is 0. The van der Waals surface area contributed by atoms with E-state index >= 15 is 0 Å². The normalized spacial score (nSPS) is 11.4. The molecule has 0 aliphatic carbocycles. The molecule has 0 aromatic heterocycles. The summed E-state index contributed by atoms with van der Waals surface area (Å²) in [4.78, 5) is 3.39. The maximum Gasteiger partial charge on any atom is 0.0809 e. The molecule has 0 rings (SSSR count). The van der Waals surface area contributed by atoms with Gasteiger partial charge in [-0.15, -0.1) is 0 Å². The fourth-order valence-corrected chi connectivity index (χ4v) is 1.83. The summed E-state index contributed by atoms with van der Waals surface area (Å²) in [6, 6.07) is 1.03. The molecule has 0 saturated heterocycles. The molecule has 0 amide bonds. The van der Waals surface area contributed by atoms with Crippen LogP contribution in [0.4, 0.5) is 0 Å². The average Bonchev–Trinajstić information content (AvgIpc) is 1.85. The second-order valence-electron chi connectivity index (χ2n) is 4.09. The topological polar surface area (TPSA) is 3.24 Å². The van der Waals surface area contributed by atoms with Crippen LogP contribution in [-0.4, -0.2) is 22.0 Å². The van der Waals surface area contributed by atoms with Crippen molar-refractivity contribution in [2.24, 2.45) is 5.92 Å². The third-order valence-electron chi connectivity index (χ3n) is 1.86. The van der Waals surface area contributed by atoms with Gasteiger partial charge in [-0.2, -0.15) is 0 Å². The summed E-state index contributed by atoms with van der Waals surface area (Å²) in [6.45, 7) is 13.1. The predicted molar refractivity (Wildman–Crippen MR) is 59.5 cm³/mol. The van der Waals surface area contributed by atoms with Crippen LogP contribution < -0.4 is 0 Å². The maximum absolute atomic E-state index is 5.38. The Labute approximate surface area is 82.1 Å². The molecule has 1 nitrogen and oxygen atoms in total. The first-order chi connectivity index (χ1) is 5.37. The fraction of sp³-hybridized carbons (Fsp3) is 0.900. The van der Waals surface area contributed by atoms with Crippen LogP contribution in [0.25, 0.3) is 0 Å². The largest absolute Gasteiger partial charge is 0.361 e. The molecule has 0 N–H and O–H groups in total. The SMILES string of the molecule is CC(C)C(=S)N(C(C)C)C(C)C. The molecule has 0 saturated carbocycles. The Morgan fingerprint density at radius 3 is 1.33 bits per heavy atom. The van der Waals surface area contributed by atoms with Gasteiger partial charge in [0.05, 0.1) is 4.99 Å². The van der Waals surface area contributed by atoms with Crippen LogP contribution in [0.2, 0.25) is 0 Å². The summed E-state index contributed by atoms with van der Waals surface area (Å²) in [7, 11) is 0. The first-order valence-corrected chi connectivity index (χ1v) is 5.11. The van der Waals surface area contributed by atoms with Crippen molar-refractivity contribution in [1.29, 1.82) is 0 Å². The first kappa shape index (κ1) is 11.9. The van der Waals surface area contributed by atoms with Crippen molar-refractivity contribution in [1.82, 2.24) is 4.90 Å². The van der Waals surface area contributed by atoms with Gasteiger partial charge in [-0.3, -0.25) is 0 Å². The van der Waals surface area contributed by atoms with E-state index in [1.165, 1.54) is 0 Å². The van der Waals surface area contributed by atoms with E-state index in [1.807, 2.05) is 0 Å². The maximum atomic E-state index is 5.38. The van der Waals surface area contributed by atoms with E-state index in [2.05, 4.69) is 46.4 Å². The van der Waals surface area contributed by atoms with Crippen molar-refractivity contribution in [3.63, 3.8) is 0 Å². The van der Waals surface area contributed by atoms with E-state index in [9.17, 15) is 0 Å². The first-order valence-electron chi connectivity index (χ1n) is 4.70. The van der Waals surface area contributed by atoms with Crippen molar-refractivity contribution in [2.45, 2.75) is 53.6 Å². The van der Waals surface area contributed by atoms with Crippen molar-refractivity contribution in [3.05, 3.63) is 0 Å². The molecule has 0 spiro atoms. The van der Waals surface area contributed by atoms with Gasteiger partial charge in [0, 0.05) is 18.0 Å². The van der Waals surface area contributed by atoms with E-state index in [4.69, 9.17) is 12.2 Å². The van der Waals surface area contributed by atoms with E-state index in [-0.39, 0.29) is 0 Å². The van der Waals surface area contributed by atoms with Crippen molar-refractivity contribution < 1.29 is 0 Å². The molecule has 72 valence electrons. The minimum absolute atomic E-state index is 0.477. The minimum atomic E-state index is 0.477. The molecular formula is C10H21NS. The predicted octanol–water partition coefficient (Wildman–Crippen LogP) is 3.09. The number of hydrogen-bond acceptors (Lipinski definition) is 1. The lowest BCUT2D eigenvalue weighted by molar-refractivity contribution is 0.286.